The van der Waals surface area contributed by atoms with Crippen LogP contribution in [0.25, 0.3) is 10.9 Å². The molecule has 1 N–H and O–H groups in total. The number of aromatic nitrogens is 2. The van der Waals surface area contributed by atoms with Crippen LogP contribution in [0.3, 0.4) is 0 Å². The number of hydrogen-bond donors (Lipinski definition) is 1. The SMILES string of the molecule is O=c1[nH]c(CN2CCc3sccc3C2c2ccccc2)nc2ccc(Cl)cc12. The Balaban J connectivity index is 1.54. The molecule has 5 rings (SSSR count). The number of nitrogens with one attached hydrogen (secondary N) is 1. The molecule has 0 saturated carbocycles. The second-order valence-electron chi connectivity index (χ2n) is 7.01. The third-order valence-electron chi connectivity index (χ3n) is 5.25. The number of hydrogen-bond acceptors (Lipinski definition) is 4. The summed E-state index contributed by atoms with van der Waals surface area (Å²) in [6.45, 7) is 1.51. The Labute approximate surface area is 171 Å². The fourth-order valence-electron chi connectivity index (χ4n) is 3.99. The number of fused-ring (bicyclic) bond motifs is 2. The quantitative estimate of drug-likeness (QED) is 0.531. The zero-order chi connectivity index (χ0) is 19.1. The van der Waals surface area contributed by atoms with Crippen molar-refractivity contribution >= 4 is 33.8 Å². The Morgan fingerprint density at radius 1 is 1.18 bits per heavy atom. The average molecular weight is 408 g/mol. The van der Waals surface area contributed by atoms with Gasteiger partial charge in [-0.3, -0.25) is 9.69 Å². The minimum atomic E-state index is -0.146. The van der Waals surface area contributed by atoms with Crippen molar-refractivity contribution in [1.82, 2.24) is 14.9 Å². The second kappa shape index (κ2) is 7.17. The first-order valence-electron chi connectivity index (χ1n) is 9.23. The Kier molecular flexibility index (Phi) is 4.51. The average Bonchev–Trinajstić information content (AvgIpc) is 3.18. The fourth-order valence-corrected chi connectivity index (χ4v) is 5.07. The first kappa shape index (κ1) is 17.6. The lowest BCUT2D eigenvalue weighted by Gasteiger charge is -2.36. The number of H-pyrrole nitrogens is 1. The topological polar surface area (TPSA) is 49.0 Å². The van der Waals surface area contributed by atoms with Gasteiger partial charge in [-0.25, -0.2) is 4.98 Å². The van der Waals surface area contributed by atoms with Crippen molar-refractivity contribution in [3.63, 3.8) is 0 Å². The molecule has 1 aliphatic heterocycles. The molecule has 1 unspecified atom stereocenters. The molecule has 4 aromatic rings. The highest BCUT2D eigenvalue weighted by molar-refractivity contribution is 7.10. The Hall–Kier alpha value is -2.47. The molecule has 140 valence electrons. The molecule has 2 aromatic heterocycles. The highest BCUT2D eigenvalue weighted by atomic mass is 35.5. The highest BCUT2D eigenvalue weighted by Gasteiger charge is 2.30. The minimum absolute atomic E-state index is 0.146. The number of thiophene rings is 1. The maximum atomic E-state index is 12.5. The molecule has 1 aliphatic rings. The van der Waals surface area contributed by atoms with Crippen LogP contribution in [0, 0.1) is 0 Å². The lowest BCUT2D eigenvalue weighted by atomic mass is 9.93. The van der Waals surface area contributed by atoms with E-state index in [-0.39, 0.29) is 11.6 Å². The van der Waals surface area contributed by atoms with Crippen LogP contribution in [0.1, 0.15) is 27.9 Å². The molecule has 6 heteroatoms. The summed E-state index contributed by atoms with van der Waals surface area (Å²) < 4.78 is 0. The Morgan fingerprint density at radius 3 is 2.89 bits per heavy atom. The van der Waals surface area contributed by atoms with Crippen molar-refractivity contribution in [3.8, 4) is 0 Å². The maximum absolute atomic E-state index is 12.5. The number of rotatable bonds is 3. The molecule has 0 radical (unpaired) electrons. The molecule has 3 heterocycles. The minimum Gasteiger partial charge on any atom is -0.309 e. The predicted molar refractivity (Wildman–Crippen MR) is 114 cm³/mol. The van der Waals surface area contributed by atoms with E-state index in [1.54, 1.807) is 18.2 Å². The largest absolute Gasteiger partial charge is 0.309 e. The van der Waals surface area contributed by atoms with E-state index in [4.69, 9.17) is 11.6 Å². The van der Waals surface area contributed by atoms with E-state index >= 15 is 0 Å². The Morgan fingerprint density at radius 2 is 2.04 bits per heavy atom. The summed E-state index contributed by atoms with van der Waals surface area (Å²) in [4.78, 5) is 24.0. The number of aromatic amines is 1. The number of benzene rings is 2. The highest BCUT2D eigenvalue weighted by Crippen LogP contribution is 2.38. The summed E-state index contributed by atoms with van der Waals surface area (Å²) >= 11 is 7.85. The monoisotopic (exact) mass is 407 g/mol. The molecule has 0 amide bonds. The Bertz CT molecular complexity index is 1200. The van der Waals surface area contributed by atoms with Crippen LogP contribution in [0.2, 0.25) is 5.02 Å². The van der Waals surface area contributed by atoms with Gasteiger partial charge >= 0.3 is 0 Å². The van der Waals surface area contributed by atoms with E-state index in [2.05, 4.69) is 50.6 Å². The van der Waals surface area contributed by atoms with Crippen LogP contribution >= 0.6 is 22.9 Å². The van der Waals surface area contributed by atoms with Crippen LogP contribution < -0.4 is 5.56 Å². The van der Waals surface area contributed by atoms with Crippen LogP contribution in [0.5, 0.6) is 0 Å². The third kappa shape index (κ3) is 3.15. The van der Waals surface area contributed by atoms with Crippen molar-refractivity contribution in [2.75, 3.05) is 6.54 Å². The molecule has 1 atom stereocenters. The molecule has 4 nitrogen and oxygen atoms in total. The molecular formula is C22H18ClN3OS. The van der Waals surface area contributed by atoms with Crippen LogP contribution in [0.15, 0.2) is 64.8 Å². The van der Waals surface area contributed by atoms with Gasteiger partial charge in [0.25, 0.3) is 5.56 Å². The van der Waals surface area contributed by atoms with Gasteiger partial charge < -0.3 is 4.98 Å². The van der Waals surface area contributed by atoms with Crippen molar-refractivity contribution in [2.45, 2.75) is 19.0 Å². The maximum Gasteiger partial charge on any atom is 0.258 e. The van der Waals surface area contributed by atoms with Gasteiger partial charge in [0.05, 0.1) is 23.5 Å². The zero-order valence-electron chi connectivity index (χ0n) is 15.1. The van der Waals surface area contributed by atoms with Gasteiger partial charge in [0, 0.05) is 16.4 Å². The molecule has 2 aromatic carbocycles. The summed E-state index contributed by atoms with van der Waals surface area (Å²) in [5.41, 5.74) is 3.15. The fraction of sp³-hybridized carbons (Fsp3) is 0.182. The molecule has 28 heavy (non-hydrogen) atoms. The number of halogens is 1. The van der Waals surface area contributed by atoms with Gasteiger partial charge in [0.1, 0.15) is 5.82 Å². The van der Waals surface area contributed by atoms with E-state index in [0.29, 0.717) is 28.3 Å². The molecule has 0 saturated heterocycles. The van der Waals surface area contributed by atoms with E-state index in [1.807, 2.05) is 17.4 Å². The summed E-state index contributed by atoms with van der Waals surface area (Å²) in [6, 6.07) is 18.2. The lowest BCUT2D eigenvalue weighted by molar-refractivity contribution is 0.201. The molecular weight excluding hydrogens is 390 g/mol. The van der Waals surface area contributed by atoms with E-state index in [1.165, 1.54) is 16.0 Å². The summed E-state index contributed by atoms with van der Waals surface area (Å²) in [6.07, 6.45) is 1.02. The predicted octanol–water partition coefficient (Wildman–Crippen LogP) is 4.79. The summed E-state index contributed by atoms with van der Waals surface area (Å²) in [5.74, 6) is 0.680. The van der Waals surface area contributed by atoms with Crippen LogP contribution in [-0.2, 0) is 13.0 Å². The first-order valence-corrected chi connectivity index (χ1v) is 10.5. The van der Waals surface area contributed by atoms with Crippen molar-refractivity contribution in [3.05, 3.63) is 97.2 Å². The van der Waals surface area contributed by atoms with Gasteiger partial charge in [-0.1, -0.05) is 41.9 Å². The van der Waals surface area contributed by atoms with E-state index < -0.39 is 0 Å². The van der Waals surface area contributed by atoms with Gasteiger partial charge in [-0.15, -0.1) is 11.3 Å². The van der Waals surface area contributed by atoms with Gasteiger partial charge in [-0.2, -0.15) is 0 Å². The third-order valence-corrected chi connectivity index (χ3v) is 6.48. The van der Waals surface area contributed by atoms with Crippen LogP contribution in [0.4, 0.5) is 0 Å². The lowest BCUT2D eigenvalue weighted by Crippen LogP contribution is -2.36. The van der Waals surface area contributed by atoms with E-state index in [9.17, 15) is 4.79 Å². The van der Waals surface area contributed by atoms with Gasteiger partial charge in [0.15, 0.2) is 0 Å². The van der Waals surface area contributed by atoms with Crippen molar-refractivity contribution in [1.29, 1.82) is 0 Å². The van der Waals surface area contributed by atoms with Crippen molar-refractivity contribution < 1.29 is 0 Å². The number of nitrogens with zero attached hydrogens (tertiary/aromatic N) is 2. The van der Waals surface area contributed by atoms with Crippen LogP contribution in [-0.4, -0.2) is 21.4 Å². The van der Waals surface area contributed by atoms with Gasteiger partial charge in [-0.05, 0) is 47.2 Å². The molecule has 0 fully saturated rings. The molecule has 0 spiro atoms. The summed E-state index contributed by atoms with van der Waals surface area (Å²) in [7, 11) is 0. The first-order chi connectivity index (χ1) is 13.7. The van der Waals surface area contributed by atoms with E-state index in [0.717, 1.165) is 13.0 Å². The second-order valence-corrected chi connectivity index (χ2v) is 8.44. The van der Waals surface area contributed by atoms with Crippen molar-refractivity contribution in [2.24, 2.45) is 0 Å². The molecule has 0 bridgehead atoms. The normalized spacial score (nSPS) is 17.0. The summed E-state index contributed by atoms with van der Waals surface area (Å²) in [5, 5.41) is 3.23. The smallest absolute Gasteiger partial charge is 0.258 e. The zero-order valence-corrected chi connectivity index (χ0v) is 16.6. The standard InChI is InChI=1S/C22H18ClN3OS/c23-15-6-7-18-17(12-15)22(27)25-20(24-18)13-26-10-8-19-16(9-11-28-19)21(26)14-4-2-1-3-5-14/h1-7,9,11-12,21H,8,10,13H2,(H,24,25,27). The van der Waals surface area contributed by atoms with Gasteiger partial charge in [0.2, 0.25) is 0 Å². The molecule has 0 aliphatic carbocycles.